The Hall–Kier alpha value is -1.19. The molecular weight excluding hydrogens is 154 g/mol. The van der Waals surface area contributed by atoms with E-state index in [0.29, 0.717) is 5.96 Å². The van der Waals surface area contributed by atoms with Crippen LogP contribution >= 0.6 is 0 Å². The maximum absolute atomic E-state index is 10.4. The van der Waals surface area contributed by atoms with Gasteiger partial charge in [-0.1, -0.05) is 13.8 Å². The molecule has 0 aromatic rings. The Morgan fingerprint density at radius 3 is 2.17 bits per heavy atom. The summed E-state index contributed by atoms with van der Waals surface area (Å²) >= 11 is 0. The normalized spacial score (nSPS) is 10.6. The van der Waals surface area contributed by atoms with Gasteiger partial charge in [0.25, 0.3) is 0 Å². The fourth-order valence-electron chi connectivity index (χ4n) is 0.426. The van der Waals surface area contributed by atoms with Crippen molar-refractivity contribution in [3.63, 3.8) is 0 Å². The van der Waals surface area contributed by atoms with Gasteiger partial charge in [-0.05, 0) is 6.92 Å². The van der Waals surface area contributed by atoms with E-state index in [1.54, 1.807) is 20.2 Å². The molecule has 0 radical (unpaired) electrons. The lowest BCUT2D eigenvalue weighted by molar-refractivity contribution is -0.117. The zero-order valence-corrected chi connectivity index (χ0v) is 8.38. The second kappa shape index (κ2) is 9.81. The van der Waals surface area contributed by atoms with E-state index in [1.165, 1.54) is 6.92 Å². The molecule has 0 rings (SSSR count). The number of rotatable bonds is 0. The van der Waals surface area contributed by atoms with Gasteiger partial charge < -0.3 is 0 Å². The van der Waals surface area contributed by atoms with Gasteiger partial charge in [0.2, 0.25) is 11.9 Å². The van der Waals surface area contributed by atoms with E-state index in [1.807, 2.05) is 13.8 Å². The van der Waals surface area contributed by atoms with Gasteiger partial charge in [-0.15, -0.1) is 0 Å². The molecular formula is C8H17N3O. The maximum atomic E-state index is 10.4. The lowest BCUT2D eigenvalue weighted by atomic mass is 10.7. The molecule has 1 N–H and O–H groups in total. The van der Waals surface area contributed by atoms with Crippen LogP contribution in [0, 0.1) is 0 Å². The van der Waals surface area contributed by atoms with Crippen molar-refractivity contribution in [1.82, 2.24) is 5.32 Å². The average molecular weight is 171 g/mol. The van der Waals surface area contributed by atoms with Crippen LogP contribution in [-0.2, 0) is 4.79 Å². The summed E-state index contributed by atoms with van der Waals surface area (Å²) < 4.78 is 0. The first kappa shape index (κ1) is 13.4. The summed E-state index contributed by atoms with van der Waals surface area (Å²) in [5.74, 6) is 0.182. The molecule has 70 valence electrons. The summed E-state index contributed by atoms with van der Waals surface area (Å²) in [6.45, 7) is 7.17. The number of nitrogens with one attached hydrogen (secondary N) is 1. The molecule has 0 saturated carbocycles. The van der Waals surface area contributed by atoms with Crippen LogP contribution in [0.1, 0.15) is 27.7 Å². The fraction of sp³-hybridized carbons (Fsp3) is 0.625. The lowest BCUT2D eigenvalue weighted by Gasteiger charge is -1.96. The number of hydrogen-bond acceptors (Lipinski definition) is 2. The minimum absolute atomic E-state index is 0.161. The van der Waals surface area contributed by atoms with Crippen LogP contribution in [0.5, 0.6) is 0 Å². The van der Waals surface area contributed by atoms with Crippen molar-refractivity contribution >= 4 is 18.1 Å². The predicted octanol–water partition coefficient (Wildman–Crippen LogP) is 1.23. The minimum atomic E-state index is -0.161. The Balaban J connectivity index is 0. The van der Waals surface area contributed by atoms with Gasteiger partial charge in [0.1, 0.15) is 0 Å². The standard InChI is InChI=1S/C6H11N3O.C2H6/c1-4-8-6(7-3)9-5(2)10;1-2/h4H,1-3H3,(H,7,9,10);1-2H3/b8-4-;. The molecule has 0 aromatic heterocycles. The van der Waals surface area contributed by atoms with Crippen LogP contribution in [-0.4, -0.2) is 25.1 Å². The van der Waals surface area contributed by atoms with Gasteiger partial charge in [0.05, 0.1) is 0 Å². The largest absolute Gasteiger partial charge is 0.295 e. The van der Waals surface area contributed by atoms with E-state index < -0.39 is 0 Å². The van der Waals surface area contributed by atoms with Gasteiger partial charge in [-0.3, -0.25) is 15.1 Å². The summed E-state index contributed by atoms with van der Waals surface area (Å²) in [5.41, 5.74) is 0. The number of hydrogen-bond donors (Lipinski definition) is 1. The Labute approximate surface area is 73.8 Å². The predicted molar refractivity (Wildman–Crippen MR) is 52.7 cm³/mol. The third-order valence-corrected chi connectivity index (χ3v) is 0.751. The van der Waals surface area contributed by atoms with Gasteiger partial charge in [-0.25, -0.2) is 4.99 Å². The maximum Gasteiger partial charge on any atom is 0.224 e. The Bertz CT molecular complexity index is 173. The number of nitrogens with zero attached hydrogens (tertiary/aromatic N) is 2. The van der Waals surface area contributed by atoms with Gasteiger partial charge in [0, 0.05) is 20.2 Å². The first-order valence-corrected chi connectivity index (χ1v) is 3.93. The summed E-state index contributed by atoms with van der Waals surface area (Å²) in [7, 11) is 1.57. The van der Waals surface area contributed by atoms with E-state index in [4.69, 9.17) is 0 Å². The monoisotopic (exact) mass is 171 g/mol. The van der Waals surface area contributed by atoms with E-state index in [0.717, 1.165) is 0 Å². The van der Waals surface area contributed by atoms with Gasteiger partial charge in [-0.2, -0.15) is 0 Å². The molecule has 0 aromatic carbocycles. The highest BCUT2D eigenvalue weighted by Gasteiger charge is 1.93. The number of carbonyl (C=O) groups excluding carboxylic acids is 1. The first-order valence-electron chi connectivity index (χ1n) is 3.93. The Morgan fingerprint density at radius 2 is 1.92 bits per heavy atom. The number of guanidine groups is 1. The van der Waals surface area contributed by atoms with E-state index >= 15 is 0 Å². The molecule has 0 atom stereocenters. The van der Waals surface area contributed by atoms with Crippen LogP contribution in [0.15, 0.2) is 9.98 Å². The molecule has 0 aliphatic rings. The third kappa shape index (κ3) is 8.81. The minimum Gasteiger partial charge on any atom is -0.295 e. The molecule has 0 bridgehead atoms. The summed E-state index contributed by atoms with van der Waals surface area (Å²) in [6.07, 6.45) is 1.57. The van der Waals surface area contributed by atoms with E-state index in [-0.39, 0.29) is 5.91 Å². The molecule has 4 heteroatoms. The average Bonchev–Trinajstić information content (AvgIpc) is 2.07. The van der Waals surface area contributed by atoms with Gasteiger partial charge in [0.15, 0.2) is 0 Å². The van der Waals surface area contributed by atoms with Crippen molar-refractivity contribution in [2.45, 2.75) is 27.7 Å². The molecule has 0 aliphatic heterocycles. The second-order valence-electron chi connectivity index (χ2n) is 1.62. The van der Waals surface area contributed by atoms with Crippen molar-refractivity contribution in [2.75, 3.05) is 7.05 Å². The zero-order valence-electron chi connectivity index (χ0n) is 8.38. The molecule has 0 spiro atoms. The Morgan fingerprint density at radius 1 is 1.42 bits per heavy atom. The van der Waals surface area contributed by atoms with E-state index in [2.05, 4.69) is 15.3 Å². The molecule has 12 heavy (non-hydrogen) atoms. The van der Waals surface area contributed by atoms with E-state index in [9.17, 15) is 4.79 Å². The second-order valence-corrected chi connectivity index (χ2v) is 1.62. The van der Waals surface area contributed by atoms with Crippen molar-refractivity contribution < 1.29 is 4.79 Å². The van der Waals surface area contributed by atoms with Crippen LogP contribution in [0.3, 0.4) is 0 Å². The summed E-state index contributed by atoms with van der Waals surface area (Å²) in [5, 5.41) is 2.44. The summed E-state index contributed by atoms with van der Waals surface area (Å²) in [6, 6.07) is 0. The first-order chi connectivity index (χ1) is 5.70. The van der Waals surface area contributed by atoms with Crippen LogP contribution in [0.25, 0.3) is 0 Å². The van der Waals surface area contributed by atoms with Crippen LogP contribution in [0.2, 0.25) is 0 Å². The molecule has 4 nitrogen and oxygen atoms in total. The van der Waals surface area contributed by atoms with Crippen molar-refractivity contribution in [3.05, 3.63) is 0 Å². The van der Waals surface area contributed by atoms with Crippen molar-refractivity contribution in [2.24, 2.45) is 9.98 Å². The molecule has 0 saturated heterocycles. The van der Waals surface area contributed by atoms with Gasteiger partial charge >= 0.3 is 0 Å². The van der Waals surface area contributed by atoms with Crippen LogP contribution < -0.4 is 5.32 Å². The quantitative estimate of drug-likeness (QED) is 0.432. The molecule has 0 fully saturated rings. The Kier molecular flexibility index (Phi) is 11.0. The zero-order chi connectivity index (χ0) is 9.98. The highest BCUT2D eigenvalue weighted by molar-refractivity contribution is 5.98. The number of amides is 1. The fourth-order valence-corrected chi connectivity index (χ4v) is 0.426. The lowest BCUT2D eigenvalue weighted by Crippen LogP contribution is -2.26. The topological polar surface area (TPSA) is 53.8 Å². The summed E-state index contributed by atoms with van der Waals surface area (Å²) in [4.78, 5) is 17.9. The highest BCUT2D eigenvalue weighted by atomic mass is 16.1. The van der Waals surface area contributed by atoms with Crippen molar-refractivity contribution in [1.29, 1.82) is 0 Å². The molecule has 0 heterocycles. The molecule has 0 unspecified atom stereocenters. The molecule has 0 aliphatic carbocycles. The molecule has 1 amide bonds. The SMILES string of the molecule is C/C=N\C(=NC)NC(C)=O.CC. The number of aliphatic imine (C=N–C) groups is 2. The number of carbonyl (C=O) groups is 1. The smallest absolute Gasteiger partial charge is 0.224 e. The van der Waals surface area contributed by atoms with Crippen molar-refractivity contribution in [3.8, 4) is 0 Å². The highest BCUT2D eigenvalue weighted by Crippen LogP contribution is 1.73. The third-order valence-electron chi connectivity index (χ3n) is 0.751. The van der Waals surface area contributed by atoms with Crippen LogP contribution in [0.4, 0.5) is 0 Å².